The van der Waals surface area contributed by atoms with Crippen LogP contribution in [-0.2, 0) is 7.05 Å². The van der Waals surface area contributed by atoms with E-state index in [9.17, 15) is 0 Å². The summed E-state index contributed by atoms with van der Waals surface area (Å²) in [6.45, 7) is 4.47. The molecule has 1 aliphatic rings. The van der Waals surface area contributed by atoms with Crippen LogP contribution in [0.3, 0.4) is 0 Å². The Labute approximate surface area is 110 Å². The van der Waals surface area contributed by atoms with Crippen LogP contribution < -0.4 is 5.32 Å². The molecule has 1 heterocycles. The molecule has 102 valence electrons. The van der Waals surface area contributed by atoms with Crippen LogP contribution in [0.5, 0.6) is 0 Å². The van der Waals surface area contributed by atoms with Crippen LogP contribution in [0.15, 0.2) is 6.33 Å². The SMILES string of the molecule is CCCC1CCC(NC(C)c2nncn2C)CC1. The molecule has 2 rings (SSSR count). The van der Waals surface area contributed by atoms with E-state index in [2.05, 4.69) is 29.4 Å². The quantitative estimate of drug-likeness (QED) is 0.874. The van der Waals surface area contributed by atoms with Gasteiger partial charge < -0.3 is 9.88 Å². The minimum atomic E-state index is 0.297. The Morgan fingerprint density at radius 2 is 2.11 bits per heavy atom. The minimum Gasteiger partial charge on any atom is -0.319 e. The molecule has 1 saturated carbocycles. The predicted molar refractivity (Wildman–Crippen MR) is 73.2 cm³/mol. The topological polar surface area (TPSA) is 42.7 Å². The molecule has 1 aromatic rings. The monoisotopic (exact) mass is 250 g/mol. The van der Waals surface area contributed by atoms with Gasteiger partial charge in [-0.05, 0) is 38.5 Å². The van der Waals surface area contributed by atoms with Crippen molar-refractivity contribution in [3.05, 3.63) is 12.2 Å². The number of nitrogens with zero attached hydrogens (tertiary/aromatic N) is 3. The number of hydrogen-bond acceptors (Lipinski definition) is 3. The van der Waals surface area contributed by atoms with E-state index in [1.54, 1.807) is 6.33 Å². The second-order valence-corrected chi connectivity index (χ2v) is 5.69. The smallest absolute Gasteiger partial charge is 0.149 e. The van der Waals surface area contributed by atoms with Crippen LogP contribution in [0, 0.1) is 5.92 Å². The van der Waals surface area contributed by atoms with Gasteiger partial charge in [0.15, 0.2) is 0 Å². The van der Waals surface area contributed by atoms with E-state index < -0.39 is 0 Å². The second-order valence-electron chi connectivity index (χ2n) is 5.69. The van der Waals surface area contributed by atoms with E-state index in [-0.39, 0.29) is 0 Å². The zero-order valence-corrected chi connectivity index (χ0v) is 11.9. The fraction of sp³-hybridized carbons (Fsp3) is 0.857. The van der Waals surface area contributed by atoms with E-state index in [0.717, 1.165) is 11.7 Å². The maximum atomic E-state index is 4.18. The number of hydrogen-bond donors (Lipinski definition) is 1. The van der Waals surface area contributed by atoms with Crippen molar-refractivity contribution >= 4 is 0 Å². The number of aryl methyl sites for hydroxylation is 1. The van der Waals surface area contributed by atoms with E-state index in [1.165, 1.54) is 38.5 Å². The van der Waals surface area contributed by atoms with E-state index in [4.69, 9.17) is 0 Å². The van der Waals surface area contributed by atoms with Gasteiger partial charge in [0.2, 0.25) is 0 Å². The van der Waals surface area contributed by atoms with Gasteiger partial charge in [0.25, 0.3) is 0 Å². The first-order chi connectivity index (χ1) is 8.70. The largest absolute Gasteiger partial charge is 0.319 e. The Kier molecular flexibility index (Phi) is 4.75. The highest BCUT2D eigenvalue weighted by Crippen LogP contribution is 2.28. The number of nitrogens with one attached hydrogen (secondary N) is 1. The molecule has 0 aliphatic heterocycles. The van der Waals surface area contributed by atoms with Crippen LogP contribution in [0.4, 0.5) is 0 Å². The third-order valence-corrected chi connectivity index (χ3v) is 4.16. The summed E-state index contributed by atoms with van der Waals surface area (Å²) in [7, 11) is 2.01. The third-order valence-electron chi connectivity index (χ3n) is 4.16. The summed E-state index contributed by atoms with van der Waals surface area (Å²) in [5.74, 6) is 2.00. The molecule has 1 fully saturated rings. The molecule has 1 N–H and O–H groups in total. The molecule has 0 amide bonds. The van der Waals surface area contributed by atoms with Crippen LogP contribution in [0.2, 0.25) is 0 Å². The maximum absolute atomic E-state index is 4.18. The lowest BCUT2D eigenvalue weighted by Crippen LogP contribution is -2.35. The van der Waals surface area contributed by atoms with Gasteiger partial charge in [-0.3, -0.25) is 0 Å². The van der Waals surface area contributed by atoms with Crippen molar-refractivity contribution in [3.8, 4) is 0 Å². The first-order valence-electron chi connectivity index (χ1n) is 7.30. The molecule has 0 radical (unpaired) electrons. The van der Waals surface area contributed by atoms with Gasteiger partial charge >= 0.3 is 0 Å². The molecular weight excluding hydrogens is 224 g/mol. The fourth-order valence-corrected chi connectivity index (χ4v) is 3.14. The van der Waals surface area contributed by atoms with Gasteiger partial charge in [0.1, 0.15) is 12.2 Å². The summed E-state index contributed by atoms with van der Waals surface area (Å²) in [5.41, 5.74) is 0. The van der Waals surface area contributed by atoms with Gasteiger partial charge in [-0.25, -0.2) is 0 Å². The average molecular weight is 250 g/mol. The van der Waals surface area contributed by atoms with Crippen molar-refractivity contribution in [2.75, 3.05) is 0 Å². The van der Waals surface area contributed by atoms with Gasteiger partial charge in [-0.2, -0.15) is 0 Å². The van der Waals surface area contributed by atoms with Crippen molar-refractivity contribution in [1.82, 2.24) is 20.1 Å². The molecule has 18 heavy (non-hydrogen) atoms. The van der Waals surface area contributed by atoms with E-state index >= 15 is 0 Å². The lowest BCUT2D eigenvalue weighted by molar-refractivity contribution is 0.263. The standard InChI is InChI=1S/C14H26N4/c1-4-5-12-6-8-13(9-7-12)16-11(2)14-17-15-10-18(14)3/h10-13,16H,4-9H2,1-3H3. The Hall–Kier alpha value is -0.900. The van der Waals surface area contributed by atoms with Crippen LogP contribution in [0.1, 0.15) is 64.2 Å². The normalized spacial score (nSPS) is 26.2. The molecule has 0 saturated heterocycles. The zero-order chi connectivity index (χ0) is 13.0. The molecule has 4 nitrogen and oxygen atoms in total. The Morgan fingerprint density at radius 1 is 1.39 bits per heavy atom. The molecule has 0 spiro atoms. The Balaban J connectivity index is 1.79. The molecule has 1 atom stereocenters. The highest BCUT2D eigenvalue weighted by Gasteiger charge is 2.23. The van der Waals surface area contributed by atoms with Gasteiger partial charge in [0.05, 0.1) is 6.04 Å². The van der Waals surface area contributed by atoms with Crippen molar-refractivity contribution in [3.63, 3.8) is 0 Å². The highest BCUT2D eigenvalue weighted by atomic mass is 15.3. The summed E-state index contributed by atoms with van der Waals surface area (Å²) in [6, 6.07) is 0.954. The molecule has 1 aliphatic carbocycles. The first kappa shape index (κ1) is 13.5. The fourth-order valence-electron chi connectivity index (χ4n) is 3.14. The molecule has 1 unspecified atom stereocenters. The summed E-state index contributed by atoms with van der Waals surface area (Å²) in [6.07, 6.45) is 9.91. The minimum absolute atomic E-state index is 0.297. The Morgan fingerprint density at radius 3 is 2.67 bits per heavy atom. The van der Waals surface area contributed by atoms with E-state index in [0.29, 0.717) is 12.1 Å². The summed E-state index contributed by atoms with van der Waals surface area (Å²) < 4.78 is 2.00. The molecule has 0 bridgehead atoms. The summed E-state index contributed by atoms with van der Waals surface area (Å²) in [4.78, 5) is 0. The lowest BCUT2D eigenvalue weighted by Gasteiger charge is -2.30. The van der Waals surface area contributed by atoms with Crippen molar-refractivity contribution in [2.24, 2.45) is 13.0 Å². The number of rotatable bonds is 5. The third kappa shape index (κ3) is 3.31. The maximum Gasteiger partial charge on any atom is 0.149 e. The van der Waals surface area contributed by atoms with Crippen molar-refractivity contribution < 1.29 is 0 Å². The second kappa shape index (κ2) is 6.32. The summed E-state index contributed by atoms with van der Waals surface area (Å²) >= 11 is 0. The van der Waals surface area contributed by atoms with Gasteiger partial charge in [-0.15, -0.1) is 10.2 Å². The summed E-state index contributed by atoms with van der Waals surface area (Å²) in [5, 5.41) is 11.8. The van der Waals surface area contributed by atoms with Crippen molar-refractivity contribution in [2.45, 2.75) is 64.5 Å². The van der Waals surface area contributed by atoms with Gasteiger partial charge in [0, 0.05) is 13.1 Å². The Bertz CT molecular complexity index is 352. The van der Waals surface area contributed by atoms with Crippen LogP contribution in [0.25, 0.3) is 0 Å². The zero-order valence-electron chi connectivity index (χ0n) is 11.9. The van der Waals surface area contributed by atoms with E-state index in [1.807, 2.05) is 11.6 Å². The average Bonchev–Trinajstić information content (AvgIpc) is 2.78. The molecule has 4 heteroatoms. The van der Waals surface area contributed by atoms with Crippen LogP contribution >= 0.6 is 0 Å². The highest BCUT2D eigenvalue weighted by molar-refractivity contribution is 4.93. The predicted octanol–water partition coefficient (Wildman–Crippen LogP) is 2.82. The molecule has 1 aromatic heterocycles. The first-order valence-corrected chi connectivity index (χ1v) is 7.30. The molecule has 0 aromatic carbocycles. The van der Waals surface area contributed by atoms with Gasteiger partial charge in [-0.1, -0.05) is 19.8 Å². The van der Waals surface area contributed by atoms with Crippen LogP contribution in [-0.4, -0.2) is 20.8 Å². The lowest BCUT2D eigenvalue weighted by atomic mass is 9.83. The molecular formula is C14H26N4. The number of aromatic nitrogens is 3. The van der Waals surface area contributed by atoms with Crippen molar-refractivity contribution in [1.29, 1.82) is 0 Å².